The zero-order valence-electron chi connectivity index (χ0n) is 14.2. The predicted octanol–water partition coefficient (Wildman–Crippen LogP) is 3.72. The molecular formula is C19H32N2. The summed E-state index contributed by atoms with van der Waals surface area (Å²) in [6.45, 7) is 12.9. The van der Waals surface area contributed by atoms with Gasteiger partial charge in [0, 0.05) is 24.7 Å². The Balaban J connectivity index is 1.90. The Morgan fingerprint density at radius 3 is 2.62 bits per heavy atom. The Labute approximate surface area is 130 Å². The Hall–Kier alpha value is -0.860. The second kappa shape index (κ2) is 7.42. The molecule has 1 aliphatic rings. The van der Waals surface area contributed by atoms with Gasteiger partial charge in [0.1, 0.15) is 0 Å². The van der Waals surface area contributed by atoms with E-state index < -0.39 is 0 Å². The number of nitrogens with zero attached hydrogens (tertiary/aromatic N) is 1. The molecule has 2 nitrogen and oxygen atoms in total. The van der Waals surface area contributed by atoms with Crippen molar-refractivity contribution in [3.63, 3.8) is 0 Å². The molecule has 1 aromatic rings. The van der Waals surface area contributed by atoms with E-state index in [2.05, 4.69) is 68.2 Å². The van der Waals surface area contributed by atoms with E-state index >= 15 is 0 Å². The number of hydrogen-bond acceptors (Lipinski definition) is 2. The van der Waals surface area contributed by atoms with E-state index in [1.54, 1.807) is 0 Å². The van der Waals surface area contributed by atoms with Gasteiger partial charge in [-0.3, -0.25) is 4.90 Å². The van der Waals surface area contributed by atoms with Crippen LogP contribution in [0.1, 0.15) is 46.1 Å². The number of benzene rings is 1. The fourth-order valence-corrected chi connectivity index (χ4v) is 3.26. The second-order valence-electron chi connectivity index (χ2n) is 7.12. The molecule has 0 amide bonds. The standard InChI is InChI=1S/C19H32N2/c1-5-19(4)15-20-18(16(2)3)14-21(19)13-9-12-17-10-7-6-8-11-17/h6-8,10-11,16,18,20H,5,9,12-15H2,1-4H3. The molecule has 1 N–H and O–H groups in total. The highest BCUT2D eigenvalue weighted by molar-refractivity contribution is 5.14. The van der Waals surface area contributed by atoms with Crippen molar-refractivity contribution >= 4 is 0 Å². The summed E-state index contributed by atoms with van der Waals surface area (Å²) >= 11 is 0. The summed E-state index contributed by atoms with van der Waals surface area (Å²) < 4.78 is 0. The number of nitrogens with one attached hydrogen (secondary N) is 1. The van der Waals surface area contributed by atoms with Gasteiger partial charge in [0.25, 0.3) is 0 Å². The SMILES string of the molecule is CCC1(C)CNC(C(C)C)CN1CCCc1ccccc1. The first kappa shape index (κ1) is 16.5. The lowest BCUT2D eigenvalue weighted by Crippen LogP contribution is -2.64. The fraction of sp³-hybridized carbons (Fsp3) is 0.684. The molecule has 21 heavy (non-hydrogen) atoms. The molecule has 0 spiro atoms. The first-order valence-electron chi connectivity index (χ1n) is 8.57. The molecule has 2 atom stereocenters. The third-order valence-corrected chi connectivity index (χ3v) is 5.23. The van der Waals surface area contributed by atoms with E-state index in [1.165, 1.54) is 37.9 Å². The molecule has 2 unspecified atom stereocenters. The fourth-order valence-electron chi connectivity index (χ4n) is 3.26. The van der Waals surface area contributed by atoms with E-state index in [-0.39, 0.29) is 0 Å². The van der Waals surface area contributed by atoms with Gasteiger partial charge >= 0.3 is 0 Å². The zero-order valence-corrected chi connectivity index (χ0v) is 14.2. The smallest absolute Gasteiger partial charge is 0.0303 e. The van der Waals surface area contributed by atoms with Crippen molar-refractivity contribution in [1.82, 2.24) is 10.2 Å². The summed E-state index contributed by atoms with van der Waals surface area (Å²) in [7, 11) is 0. The maximum atomic E-state index is 3.76. The quantitative estimate of drug-likeness (QED) is 0.858. The van der Waals surface area contributed by atoms with Gasteiger partial charge in [-0.2, -0.15) is 0 Å². The van der Waals surface area contributed by atoms with Crippen LogP contribution < -0.4 is 5.32 Å². The maximum Gasteiger partial charge on any atom is 0.0303 e. The maximum absolute atomic E-state index is 3.76. The van der Waals surface area contributed by atoms with Crippen LogP contribution in [0.15, 0.2) is 30.3 Å². The molecule has 0 bridgehead atoms. The van der Waals surface area contributed by atoms with Gasteiger partial charge in [0.2, 0.25) is 0 Å². The van der Waals surface area contributed by atoms with Crippen molar-refractivity contribution in [3.8, 4) is 0 Å². The Morgan fingerprint density at radius 1 is 1.29 bits per heavy atom. The lowest BCUT2D eigenvalue weighted by molar-refractivity contribution is 0.0378. The lowest BCUT2D eigenvalue weighted by Gasteiger charge is -2.49. The van der Waals surface area contributed by atoms with Crippen molar-refractivity contribution in [3.05, 3.63) is 35.9 Å². The molecule has 1 fully saturated rings. The van der Waals surface area contributed by atoms with Crippen LogP contribution in [0.2, 0.25) is 0 Å². The number of aryl methyl sites for hydroxylation is 1. The minimum atomic E-state index is 0.322. The number of hydrogen-bond donors (Lipinski definition) is 1. The monoisotopic (exact) mass is 288 g/mol. The van der Waals surface area contributed by atoms with Crippen molar-refractivity contribution in [2.75, 3.05) is 19.6 Å². The first-order valence-corrected chi connectivity index (χ1v) is 8.57. The zero-order chi connectivity index (χ0) is 15.3. The highest BCUT2D eigenvalue weighted by Gasteiger charge is 2.36. The molecule has 1 saturated heterocycles. The summed E-state index contributed by atoms with van der Waals surface area (Å²) in [5, 5.41) is 3.76. The van der Waals surface area contributed by atoms with E-state index in [4.69, 9.17) is 0 Å². The average Bonchev–Trinajstić information content (AvgIpc) is 2.50. The molecule has 0 aliphatic carbocycles. The molecule has 0 aromatic heterocycles. The highest BCUT2D eigenvalue weighted by atomic mass is 15.3. The molecule has 1 heterocycles. The molecular weight excluding hydrogens is 256 g/mol. The van der Waals surface area contributed by atoms with Crippen molar-refractivity contribution in [2.45, 2.75) is 58.5 Å². The third-order valence-electron chi connectivity index (χ3n) is 5.23. The van der Waals surface area contributed by atoms with E-state index in [0.717, 1.165) is 6.54 Å². The Kier molecular flexibility index (Phi) is 5.83. The third kappa shape index (κ3) is 4.31. The average molecular weight is 288 g/mol. The van der Waals surface area contributed by atoms with Crippen LogP contribution in [0.4, 0.5) is 0 Å². The van der Waals surface area contributed by atoms with Crippen LogP contribution in [-0.4, -0.2) is 36.1 Å². The normalized spacial score (nSPS) is 27.2. The topological polar surface area (TPSA) is 15.3 Å². The molecule has 1 aromatic carbocycles. The van der Waals surface area contributed by atoms with Gasteiger partial charge in [-0.15, -0.1) is 0 Å². The summed E-state index contributed by atoms with van der Waals surface area (Å²) in [5.41, 5.74) is 1.79. The van der Waals surface area contributed by atoms with Crippen molar-refractivity contribution in [1.29, 1.82) is 0 Å². The Morgan fingerprint density at radius 2 is 2.00 bits per heavy atom. The van der Waals surface area contributed by atoms with Crippen LogP contribution in [0.25, 0.3) is 0 Å². The molecule has 0 radical (unpaired) electrons. The van der Waals surface area contributed by atoms with E-state index in [9.17, 15) is 0 Å². The largest absolute Gasteiger partial charge is 0.311 e. The number of piperazine rings is 1. The summed E-state index contributed by atoms with van der Waals surface area (Å²) in [6, 6.07) is 11.5. The van der Waals surface area contributed by atoms with Crippen LogP contribution in [0, 0.1) is 5.92 Å². The van der Waals surface area contributed by atoms with Gasteiger partial charge in [0.05, 0.1) is 0 Å². The van der Waals surface area contributed by atoms with Crippen molar-refractivity contribution in [2.24, 2.45) is 5.92 Å². The molecule has 1 aliphatic heterocycles. The predicted molar refractivity (Wildman–Crippen MR) is 91.7 cm³/mol. The number of rotatable bonds is 6. The van der Waals surface area contributed by atoms with E-state index in [0.29, 0.717) is 17.5 Å². The second-order valence-corrected chi connectivity index (χ2v) is 7.12. The summed E-state index contributed by atoms with van der Waals surface area (Å²) in [6.07, 6.45) is 3.66. The van der Waals surface area contributed by atoms with Gasteiger partial charge in [-0.1, -0.05) is 51.1 Å². The molecule has 0 saturated carbocycles. The minimum absolute atomic E-state index is 0.322. The van der Waals surface area contributed by atoms with Gasteiger partial charge < -0.3 is 5.32 Å². The minimum Gasteiger partial charge on any atom is -0.311 e. The molecule has 2 rings (SSSR count). The first-order chi connectivity index (χ1) is 10.0. The van der Waals surface area contributed by atoms with Gasteiger partial charge in [-0.25, -0.2) is 0 Å². The Bertz CT molecular complexity index is 415. The van der Waals surface area contributed by atoms with Crippen LogP contribution in [-0.2, 0) is 6.42 Å². The van der Waals surface area contributed by atoms with Crippen LogP contribution in [0.3, 0.4) is 0 Å². The van der Waals surface area contributed by atoms with Crippen LogP contribution in [0.5, 0.6) is 0 Å². The molecule has 2 heteroatoms. The van der Waals surface area contributed by atoms with E-state index in [1.807, 2.05) is 0 Å². The highest BCUT2D eigenvalue weighted by Crippen LogP contribution is 2.25. The van der Waals surface area contributed by atoms with Gasteiger partial charge in [-0.05, 0) is 44.2 Å². The lowest BCUT2D eigenvalue weighted by atomic mass is 9.89. The van der Waals surface area contributed by atoms with Crippen LogP contribution >= 0.6 is 0 Å². The van der Waals surface area contributed by atoms with Crippen molar-refractivity contribution < 1.29 is 0 Å². The summed E-state index contributed by atoms with van der Waals surface area (Å²) in [5.74, 6) is 0.711. The summed E-state index contributed by atoms with van der Waals surface area (Å²) in [4.78, 5) is 2.73. The van der Waals surface area contributed by atoms with Gasteiger partial charge in [0.15, 0.2) is 0 Å². The molecule has 118 valence electrons.